The van der Waals surface area contributed by atoms with Gasteiger partial charge >= 0.3 is 0 Å². The molecule has 2 heterocycles. The molecule has 0 aliphatic carbocycles. The molecule has 3 aromatic rings. The van der Waals surface area contributed by atoms with E-state index in [1.807, 2.05) is 29.6 Å². The van der Waals surface area contributed by atoms with E-state index in [0.717, 1.165) is 11.3 Å². The maximum Gasteiger partial charge on any atom is 0.270 e. The topological polar surface area (TPSA) is 60.5 Å². The molecule has 0 saturated heterocycles. The van der Waals surface area contributed by atoms with E-state index in [-0.39, 0.29) is 12.5 Å². The summed E-state index contributed by atoms with van der Waals surface area (Å²) in [5.41, 5.74) is 4.34. The number of anilines is 1. The number of amides is 1. The largest absolute Gasteiger partial charge is 0.485 e. The van der Waals surface area contributed by atoms with Crippen molar-refractivity contribution in [3.8, 4) is 22.8 Å². The van der Waals surface area contributed by atoms with E-state index < -0.39 is 6.10 Å². The Balaban J connectivity index is 1.46. The number of thiazole rings is 1. The van der Waals surface area contributed by atoms with Crippen LogP contribution in [-0.4, -0.2) is 23.6 Å². The molecular formula is C20H18N2O3S. The van der Waals surface area contributed by atoms with Crippen molar-refractivity contribution in [2.24, 2.45) is 0 Å². The number of hydrogen-bond acceptors (Lipinski definition) is 5. The summed E-state index contributed by atoms with van der Waals surface area (Å²) in [5.74, 6) is 0.970. The molecule has 1 N–H and O–H groups in total. The van der Waals surface area contributed by atoms with Gasteiger partial charge in [-0.25, -0.2) is 4.98 Å². The summed E-state index contributed by atoms with van der Waals surface area (Å²) in [6.07, 6.45) is -0.695. The minimum Gasteiger partial charge on any atom is -0.485 e. The predicted octanol–water partition coefficient (Wildman–Crippen LogP) is 4.21. The van der Waals surface area contributed by atoms with Crippen LogP contribution in [0, 0.1) is 13.8 Å². The summed E-state index contributed by atoms with van der Waals surface area (Å²) in [6.45, 7) is 4.33. The van der Waals surface area contributed by atoms with Gasteiger partial charge in [0.15, 0.2) is 16.6 Å². The number of hydrogen-bond donors (Lipinski definition) is 1. The van der Waals surface area contributed by atoms with Gasteiger partial charge in [-0.15, -0.1) is 11.3 Å². The van der Waals surface area contributed by atoms with E-state index in [0.29, 0.717) is 16.6 Å². The lowest BCUT2D eigenvalue weighted by Crippen LogP contribution is -2.40. The van der Waals surface area contributed by atoms with Crippen molar-refractivity contribution in [2.45, 2.75) is 20.0 Å². The van der Waals surface area contributed by atoms with Crippen LogP contribution >= 0.6 is 11.3 Å². The second kappa shape index (κ2) is 6.80. The van der Waals surface area contributed by atoms with Crippen LogP contribution in [0.2, 0.25) is 0 Å². The molecule has 0 fully saturated rings. The smallest absolute Gasteiger partial charge is 0.270 e. The molecule has 1 atom stereocenters. The summed E-state index contributed by atoms with van der Waals surface area (Å²) in [5, 5.41) is 5.31. The third-order valence-electron chi connectivity index (χ3n) is 4.34. The van der Waals surface area contributed by atoms with Gasteiger partial charge in [-0.2, -0.15) is 0 Å². The molecule has 1 aromatic heterocycles. The maximum atomic E-state index is 12.5. The Labute approximate surface area is 155 Å². The zero-order valence-electron chi connectivity index (χ0n) is 14.5. The monoisotopic (exact) mass is 366 g/mol. The molecule has 0 saturated carbocycles. The lowest BCUT2D eigenvalue weighted by atomic mass is 10.1. The van der Waals surface area contributed by atoms with E-state index >= 15 is 0 Å². The van der Waals surface area contributed by atoms with Crippen LogP contribution in [0.25, 0.3) is 11.3 Å². The van der Waals surface area contributed by atoms with Crippen molar-refractivity contribution in [1.82, 2.24) is 4.98 Å². The van der Waals surface area contributed by atoms with E-state index in [1.165, 1.54) is 22.5 Å². The van der Waals surface area contributed by atoms with E-state index in [1.54, 1.807) is 6.07 Å². The van der Waals surface area contributed by atoms with Crippen molar-refractivity contribution < 1.29 is 14.3 Å². The summed E-state index contributed by atoms with van der Waals surface area (Å²) in [7, 11) is 0. The van der Waals surface area contributed by atoms with Crippen molar-refractivity contribution in [3.05, 3.63) is 59.0 Å². The summed E-state index contributed by atoms with van der Waals surface area (Å²) >= 11 is 1.39. The van der Waals surface area contributed by atoms with Gasteiger partial charge in [-0.3, -0.25) is 10.1 Å². The Hall–Kier alpha value is -2.86. The van der Waals surface area contributed by atoms with Gasteiger partial charge in [-0.1, -0.05) is 24.3 Å². The standard InChI is InChI=1S/C20H18N2O3S/c1-12-7-8-14(9-13(12)2)15-11-26-20(21-15)22-19(23)18-10-24-16-5-3-4-6-17(16)25-18/h3-9,11,18H,10H2,1-2H3,(H,21,22,23)/t18-/m0/s1. The highest BCUT2D eigenvalue weighted by Gasteiger charge is 2.27. The minimum absolute atomic E-state index is 0.179. The number of aryl methyl sites for hydroxylation is 2. The first kappa shape index (κ1) is 16.6. The fourth-order valence-corrected chi connectivity index (χ4v) is 3.42. The van der Waals surface area contributed by atoms with E-state index in [2.05, 4.69) is 36.3 Å². The molecule has 5 nitrogen and oxygen atoms in total. The second-order valence-electron chi connectivity index (χ2n) is 6.19. The highest BCUT2D eigenvalue weighted by atomic mass is 32.1. The first-order valence-corrected chi connectivity index (χ1v) is 9.20. The van der Waals surface area contributed by atoms with Crippen LogP contribution in [0.4, 0.5) is 5.13 Å². The quantitative estimate of drug-likeness (QED) is 0.754. The van der Waals surface area contributed by atoms with Crippen LogP contribution in [0.15, 0.2) is 47.8 Å². The summed E-state index contributed by atoms with van der Waals surface area (Å²) < 4.78 is 11.3. The number of rotatable bonds is 3. The molecule has 4 rings (SSSR count). The van der Waals surface area contributed by atoms with Gasteiger partial charge < -0.3 is 9.47 Å². The van der Waals surface area contributed by atoms with Crippen molar-refractivity contribution in [2.75, 3.05) is 11.9 Å². The SMILES string of the molecule is Cc1ccc(-c2csc(NC(=O)[C@@H]3COc4ccccc4O3)n2)cc1C. The molecule has 132 valence electrons. The number of nitrogens with zero attached hydrogens (tertiary/aromatic N) is 1. The lowest BCUT2D eigenvalue weighted by molar-refractivity contribution is -0.125. The number of fused-ring (bicyclic) bond motifs is 1. The van der Waals surface area contributed by atoms with Crippen LogP contribution in [0.3, 0.4) is 0 Å². The first-order valence-electron chi connectivity index (χ1n) is 8.32. The fourth-order valence-electron chi connectivity index (χ4n) is 2.70. The number of para-hydroxylation sites is 2. The normalized spacial score (nSPS) is 15.5. The Morgan fingerprint density at radius 2 is 1.96 bits per heavy atom. The summed E-state index contributed by atoms with van der Waals surface area (Å²) in [4.78, 5) is 17.0. The second-order valence-corrected chi connectivity index (χ2v) is 7.05. The Bertz CT molecular complexity index is 967. The van der Waals surface area contributed by atoms with Gasteiger partial charge in [0.25, 0.3) is 5.91 Å². The molecule has 6 heteroatoms. The average Bonchev–Trinajstić information content (AvgIpc) is 3.12. The zero-order chi connectivity index (χ0) is 18.1. The third-order valence-corrected chi connectivity index (χ3v) is 5.10. The van der Waals surface area contributed by atoms with Crippen molar-refractivity contribution >= 4 is 22.4 Å². The number of ether oxygens (including phenoxy) is 2. The minimum atomic E-state index is -0.695. The van der Waals surface area contributed by atoms with Gasteiger partial charge in [-0.05, 0) is 43.2 Å². The van der Waals surface area contributed by atoms with Crippen molar-refractivity contribution in [3.63, 3.8) is 0 Å². The maximum absolute atomic E-state index is 12.5. The average molecular weight is 366 g/mol. The summed E-state index contributed by atoms with van der Waals surface area (Å²) in [6, 6.07) is 13.5. The fraction of sp³-hybridized carbons (Fsp3) is 0.200. The molecular weight excluding hydrogens is 348 g/mol. The van der Waals surface area contributed by atoms with E-state index in [9.17, 15) is 4.79 Å². The van der Waals surface area contributed by atoms with E-state index in [4.69, 9.17) is 9.47 Å². The van der Waals surface area contributed by atoms with Crippen LogP contribution in [-0.2, 0) is 4.79 Å². The molecule has 2 aromatic carbocycles. The number of aromatic nitrogens is 1. The zero-order valence-corrected chi connectivity index (χ0v) is 15.3. The molecule has 0 spiro atoms. The Morgan fingerprint density at radius 1 is 1.15 bits per heavy atom. The van der Waals surface area contributed by atoms with Crippen LogP contribution < -0.4 is 14.8 Å². The van der Waals surface area contributed by atoms with Gasteiger partial charge in [0.1, 0.15) is 6.61 Å². The van der Waals surface area contributed by atoms with Crippen LogP contribution in [0.5, 0.6) is 11.5 Å². The number of benzene rings is 2. The predicted molar refractivity (Wildman–Crippen MR) is 102 cm³/mol. The Morgan fingerprint density at radius 3 is 2.77 bits per heavy atom. The van der Waals surface area contributed by atoms with Gasteiger partial charge in [0, 0.05) is 10.9 Å². The van der Waals surface area contributed by atoms with Crippen molar-refractivity contribution in [1.29, 1.82) is 0 Å². The highest BCUT2D eigenvalue weighted by Crippen LogP contribution is 2.31. The Kier molecular flexibility index (Phi) is 4.34. The molecule has 26 heavy (non-hydrogen) atoms. The molecule has 0 bridgehead atoms. The molecule has 1 aliphatic rings. The number of carbonyl (C=O) groups excluding carboxylic acids is 1. The van der Waals surface area contributed by atoms with Gasteiger partial charge in [0.2, 0.25) is 6.10 Å². The van der Waals surface area contributed by atoms with Gasteiger partial charge in [0.05, 0.1) is 5.69 Å². The highest BCUT2D eigenvalue weighted by molar-refractivity contribution is 7.14. The van der Waals surface area contributed by atoms with Crippen LogP contribution in [0.1, 0.15) is 11.1 Å². The molecule has 0 unspecified atom stereocenters. The third kappa shape index (κ3) is 3.28. The first-order chi connectivity index (χ1) is 12.6. The molecule has 1 amide bonds. The molecule has 0 radical (unpaired) electrons. The number of carbonyl (C=O) groups is 1. The molecule has 1 aliphatic heterocycles. The lowest BCUT2D eigenvalue weighted by Gasteiger charge is -2.25. The number of nitrogens with one attached hydrogen (secondary N) is 1.